The Labute approximate surface area is 127 Å². The second-order valence-electron chi connectivity index (χ2n) is 6.74. The molecule has 21 heavy (non-hydrogen) atoms. The first kappa shape index (κ1) is 17.5. The molecule has 118 valence electrons. The highest BCUT2D eigenvalue weighted by atomic mass is 16.5. The Kier molecular flexibility index (Phi) is 5.40. The van der Waals surface area contributed by atoms with E-state index in [0.717, 1.165) is 11.3 Å². The number of likely N-dealkylation sites (N-methyl/N-ethyl adjacent to an activating group) is 1. The van der Waals surface area contributed by atoms with Crippen molar-refractivity contribution in [2.45, 2.75) is 52.0 Å². The van der Waals surface area contributed by atoms with Gasteiger partial charge < -0.3 is 15.2 Å². The van der Waals surface area contributed by atoms with Gasteiger partial charge in [0, 0.05) is 6.42 Å². The summed E-state index contributed by atoms with van der Waals surface area (Å²) in [6, 6.07) is 6.11. The molecule has 0 spiro atoms. The fourth-order valence-electron chi connectivity index (χ4n) is 2.06. The maximum atomic E-state index is 11.2. The molecule has 0 amide bonds. The van der Waals surface area contributed by atoms with E-state index in [1.54, 1.807) is 14.0 Å². The zero-order chi connectivity index (χ0) is 16.3. The molecule has 0 aliphatic carbocycles. The molecule has 4 nitrogen and oxygen atoms in total. The number of aliphatic carboxylic acids is 1. The lowest BCUT2D eigenvalue weighted by molar-refractivity contribution is -0.144. The number of nitrogens with one attached hydrogen (secondary N) is 1. The van der Waals surface area contributed by atoms with Crippen LogP contribution in [0.25, 0.3) is 0 Å². The Morgan fingerprint density at radius 3 is 2.38 bits per heavy atom. The predicted octanol–water partition coefficient (Wildman–Crippen LogP) is 3.12. The Balaban J connectivity index is 2.83. The van der Waals surface area contributed by atoms with Crippen LogP contribution in [-0.2, 0) is 10.2 Å². The average molecular weight is 293 g/mol. The van der Waals surface area contributed by atoms with Gasteiger partial charge in [-0.05, 0) is 37.9 Å². The van der Waals surface area contributed by atoms with Crippen LogP contribution in [0.5, 0.6) is 5.75 Å². The highest BCUT2D eigenvalue weighted by Gasteiger charge is 2.31. The molecule has 1 unspecified atom stereocenters. The van der Waals surface area contributed by atoms with E-state index in [1.807, 2.05) is 12.1 Å². The second kappa shape index (κ2) is 6.48. The molecule has 0 heterocycles. The fourth-order valence-corrected chi connectivity index (χ4v) is 2.06. The molecule has 0 saturated heterocycles. The highest BCUT2D eigenvalue weighted by molar-refractivity contribution is 5.78. The van der Waals surface area contributed by atoms with Crippen molar-refractivity contribution < 1.29 is 14.6 Å². The van der Waals surface area contributed by atoms with Crippen molar-refractivity contribution in [2.24, 2.45) is 0 Å². The number of carboxylic acids is 1. The summed E-state index contributed by atoms with van der Waals surface area (Å²) in [5.41, 5.74) is 1.36. The van der Waals surface area contributed by atoms with Gasteiger partial charge in [-0.3, -0.25) is 4.79 Å². The Morgan fingerprint density at radius 1 is 1.29 bits per heavy atom. The van der Waals surface area contributed by atoms with Gasteiger partial charge in [0.15, 0.2) is 0 Å². The number of ether oxygens (including phenoxy) is 1. The molecule has 0 aliphatic heterocycles. The van der Waals surface area contributed by atoms with Gasteiger partial charge in [0.05, 0.1) is 6.61 Å². The van der Waals surface area contributed by atoms with Crippen LogP contribution < -0.4 is 10.1 Å². The minimum atomic E-state index is -0.966. The van der Waals surface area contributed by atoms with Crippen molar-refractivity contribution in [3.05, 3.63) is 29.3 Å². The third-order valence-electron chi connectivity index (χ3n) is 3.83. The predicted molar refractivity (Wildman–Crippen MR) is 85.1 cm³/mol. The van der Waals surface area contributed by atoms with Crippen LogP contribution >= 0.6 is 0 Å². The quantitative estimate of drug-likeness (QED) is 0.846. The lowest BCUT2D eigenvalue weighted by atomic mass is 9.85. The fraction of sp³-hybridized carbons (Fsp3) is 0.588. The first-order chi connectivity index (χ1) is 9.60. The molecule has 0 fully saturated rings. The topological polar surface area (TPSA) is 58.6 Å². The first-order valence-corrected chi connectivity index (χ1v) is 7.26. The van der Waals surface area contributed by atoms with E-state index >= 15 is 0 Å². The molecule has 4 heteroatoms. The van der Waals surface area contributed by atoms with Crippen LogP contribution in [0.15, 0.2) is 18.2 Å². The number of hydrogen-bond donors (Lipinski definition) is 2. The molecule has 0 bridgehead atoms. The molecule has 0 aliphatic rings. The molecule has 1 aromatic rings. The largest absolute Gasteiger partial charge is 0.493 e. The van der Waals surface area contributed by atoms with Crippen LogP contribution in [-0.4, -0.2) is 30.3 Å². The zero-order valence-corrected chi connectivity index (χ0v) is 13.9. The van der Waals surface area contributed by atoms with Crippen molar-refractivity contribution in [1.82, 2.24) is 5.32 Å². The van der Waals surface area contributed by atoms with E-state index in [0.29, 0.717) is 13.0 Å². The Bertz CT molecular complexity index is 505. The summed E-state index contributed by atoms with van der Waals surface area (Å²) >= 11 is 0. The number of carbonyl (C=O) groups is 1. The van der Waals surface area contributed by atoms with E-state index in [4.69, 9.17) is 4.74 Å². The summed E-state index contributed by atoms with van der Waals surface area (Å²) in [6.45, 7) is 10.5. The maximum Gasteiger partial charge on any atom is 0.323 e. The number of carboxylic acid groups (broad SMARTS) is 1. The summed E-state index contributed by atoms with van der Waals surface area (Å²) in [6.07, 6.45) is 0.399. The van der Waals surface area contributed by atoms with Crippen LogP contribution in [0.4, 0.5) is 0 Å². The third-order valence-corrected chi connectivity index (χ3v) is 3.83. The number of hydrogen-bond acceptors (Lipinski definition) is 3. The lowest BCUT2D eigenvalue weighted by Crippen LogP contribution is -2.48. The molecule has 0 radical (unpaired) electrons. The monoisotopic (exact) mass is 293 g/mol. The van der Waals surface area contributed by atoms with Gasteiger partial charge in [-0.1, -0.05) is 38.5 Å². The number of benzene rings is 1. The van der Waals surface area contributed by atoms with E-state index in [2.05, 4.69) is 39.1 Å². The summed E-state index contributed by atoms with van der Waals surface area (Å²) in [5.74, 6) is -0.0366. The highest BCUT2D eigenvalue weighted by Crippen LogP contribution is 2.32. The van der Waals surface area contributed by atoms with Crippen molar-refractivity contribution in [3.8, 4) is 5.75 Å². The molecular weight excluding hydrogens is 266 g/mol. The van der Waals surface area contributed by atoms with Gasteiger partial charge in [-0.25, -0.2) is 0 Å². The van der Waals surface area contributed by atoms with Crippen LogP contribution in [0.3, 0.4) is 0 Å². The molecule has 1 rings (SSSR count). The van der Waals surface area contributed by atoms with E-state index in [-0.39, 0.29) is 5.41 Å². The number of aryl methyl sites for hydroxylation is 1. The minimum Gasteiger partial charge on any atom is -0.493 e. The van der Waals surface area contributed by atoms with Gasteiger partial charge in [-0.2, -0.15) is 0 Å². The van der Waals surface area contributed by atoms with Crippen molar-refractivity contribution >= 4 is 5.97 Å². The smallest absolute Gasteiger partial charge is 0.323 e. The van der Waals surface area contributed by atoms with Crippen molar-refractivity contribution in [3.63, 3.8) is 0 Å². The van der Waals surface area contributed by atoms with Gasteiger partial charge >= 0.3 is 5.97 Å². The normalized spacial score (nSPS) is 14.6. The van der Waals surface area contributed by atoms with E-state index < -0.39 is 11.5 Å². The van der Waals surface area contributed by atoms with Crippen LogP contribution in [0.2, 0.25) is 0 Å². The first-order valence-electron chi connectivity index (χ1n) is 7.26. The molecular formula is C17H27NO3. The minimum absolute atomic E-state index is 0.0134. The molecule has 0 saturated carbocycles. The van der Waals surface area contributed by atoms with Gasteiger partial charge in [0.2, 0.25) is 0 Å². The van der Waals surface area contributed by atoms with Gasteiger partial charge in [-0.15, -0.1) is 0 Å². The standard InChI is InChI=1S/C17H27NO3/c1-12-7-8-14(13(11-12)16(2,3)4)21-10-9-17(5,18-6)15(19)20/h7-8,11,18H,9-10H2,1-6H3,(H,19,20). The molecule has 2 N–H and O–H groups in total. The van der Waals surface area contributed by atoms with Crippen LogP contribution in [0.1, 0.15) is 45.2 Å². The SMILES string of the molecule is CNC(C)(CCOc1ccc(C)cc1C(C)(C)C)C(=O)O. The molecule has 1 atom stereocenters. The molecule has 1 aromatic carbocycles. The number of rotatable bonds is 6. The third kappa shape index (κ3) is 4.46. The van der Waals surface area contributed by atoms with Crippen LogP contribution in [0, 0.1) is 6.92 Å². The van der Waals surface area contributed by atoms with Crippen molar-refractivity contribution in [2.75, 3.05) is 13.7 Å². The summed E-state index contributed by atoms with van der Waals surface area (Å²) in [5, 5.41) is 12.1. The Morgan fingerprint density at radius 2 is 1.90 bits per heavy atom. The zero-order valence-electron chi connectivity index (χ0n) is 13.9. The molecule has 0 aromatic heterocycles. The maximum absolute atomic E-state index is 11.2. The summed E-state index contributed by atoms with van der Waals surface area (Å²) < 4.78 is 5.86. The second-order valence-corrected chi connectivity index (χ2v) is 6.74. The lowest BCUT2D eigenvalue weighted by Gasteiger charge is -2.26. The average Bonchev–Trinajstić information content (AvgIpc) is 2.38. The Hall–Kier alpha value is -1.55. The summed E-state index contributed by atoms with van der Waals surface area (Å²) in [7, 11) is 1.65. The van der Waals surface area contributed by atoms with Crippen molar-refractivity contribution in [1.29, 1.82) is 0 Å². The summed E-state index contributed by atoms with van der Waals surface area (Å²) in [4.78, 5) is 11.2. The van der Waals surface area contributed by atoms with E-state index in [9.17, 15) is 9.90 Å². The van der Waals surface area contributed by atoms with Gasteiger partial charge in [0.1, 0.15) is 11.3 Å². The van der Waals surface area contributed by atoms with E-state index in [1.165, 1.54) is 5.56 Å². The van der Waals surface area contributed by atoms with Gasteiger partial charge in [0.25, 0.3) is 0 Å².